The number of hydrogen-bond donors (Lipinski definition) is 1. The fourth-order valence-electron chi connectivity index (χ4n) is 3.07. The summed E-state index contributed by atoms with van der Waals surface area (Å²) in [5.74, 6) is 0.343. The number of anilines is 2. The summed E-state index contributed by atoms with van der Waals surface area (Å²) in [4.78, 5) is 12.7. The van der Waals surface area contributed by atoms with Gasteiger partial charge in [-0.1, -0.05) is 18.2 Å². The van der Waals surface area contributed by atoms with Crippen molar-refractivity contribution in [3.05, 3.63) is 84.4 Å². The minimum atomic E-state index is -3.72. The number of amides is 1. The topological polar surface area (TPSA) is 84.9 Å². The minimum Gasteiger partial charge on any atom is -0.491 e. The average Bonchev–Trinajstić information content (AvgIpc) is 2.81. The zero-order valence-corrected chi connectivity index (χ0v) is 18.8. The summed E-state index contributed by atoms with van der Waals surface area (Å²) >= 11 is 0. The monoisotopic (exact) mass is 454 g/mol. The fraction of sp³-hybridized carbons (Fsp3) is 0.208. The molecule has 1 N–H and O–H groups in total. The quantitative estimate of drug-likeness (QED) is 0.465. The van der Waals surface area contributed by atoms with E-state index in [-0.39, 0.29) is 10.8 Å². The number of methoxy groups -OCH3 is 1. The summed E-state index contributed by atoms with van der Waals surface area (Å²) in [5, 5.41) is 2.78. The second kappa shape index (κ2) is 10.8. The molecule has 0 aromatic heterocycles. The van der Waals surface area contributed by atoms with Gasteiger partial charge in [-0.25, -0.2) is 8.42 Å². The molecule has 3 aromatic rings. The Balaban J connectivity index is 1.68. The zero-order valence-electron chi connectivity index (χ0n) is 18.0. The molecule has 0 unspecified atom stereocenters. The number of nitrogens with one attached hydrogen (secondary N) is 1. The Morgan fingerprint density at radius 1 is 0.906 bits per heavy atom. The number of carbonyl (C=O) groups excluding carboxylic acids is 1. The van der Waals surface area contributed by atoms with Crippen molar-refractivity contribution in [2.45, 2.75) is 11.8 Å². The molecule has 0 fully saturated rings. The highest BCUT2D eigenvalue weighted by molar-refractivity contribution is 7.92. The van der Waals surface area contributed by atoms with Crippen LogP contribution in [0.25, 0.3) is 0 Å². The molecule has 168 valence electrons. The van der Waals surface area contributed by atoms with E-state index in [9.17, 15) is 13.2 Å². The summed E-state index contributed by atoms with van der Waals surface area (Å²) in [5.41, 5.74) is 1.56. The average molecular weight is 455 g/mol. The van der Waals surface area contributed by atoms with Crippen LogP contribution in [0.5, 0.6) is 5.75 Å². The van der Waals surface area contributed by atoms with E-state index in [1.54, 1.807) is 74.7 Å². The first-order chi connectivity index (χ1) is 15.5. The number of carbonyl (C=O) groups is 1. The van der Waals surface area contributed by atoms with E-state index in [0.717, 1.165) is 0 Å². The Hall–Kier alpha value is -3.36. The third-order valence-corrected chi connectivity index (χ3v) is 6.62. The Labute approximate surface area is 188 Å². The van der Waals surface area contributed by atoms with E-state index >= 15 is 0 Å². The highest BCUT2D eigenvalue weighted by atomic mass is 32.2. The molecule has 7 nitrogen and oxygen atoms in total. The van der Waals surface area contributed by atoms with Crippen LogP contribution in [-0.2, 0) is 14.8 Å². The van der Waals surface area contributed by atoms with Gasteiger partial charge in [-0.05, 0) is 67.6 Å². The van der Waals surface area contributed by atoms with Crippen molar-refractivity contribution in [3.8, 4) is 5.75 Å². The third-order valence-electron chi connectivity index (χ3n) is 4.70. The normalized spacial score (nSPS) is 11.1. The SMILES string of the molecule is CCN(c1ccccc1)S(=O)(=O)c1ccc(NC(=O)c2ccc(OCCOC)cc2)cc1. The molecule has 0 radical (unpaired) electrons. The standard InChI is InChI=1S/C24H26N2O5S/c1-3-26(21-7-5-4-6-8-21)32(28,29)23-15-11-20(12-16-23)25-24(27)19-9-13-22(14-10-19)31-18-17-30-2/h4-16H,3,17-18H2,1-2H3,(H,25,27). The molecule has 0 saturated heterocycles. The number of hydrogen-bond acceptors (Lipinski definition) is 5. The maximum Gasteiger partial charge on any atom is 0.264 e. The fourth-order valence-corrected chi connectivity index (χ4v) is 4.55. The Morgan fingerprint density at radius 3 is 2.16 bits per heavy atom. The largest absolute Gasteiger partial charge is 0.491 e. The number of para-hydroxylation sites is 1. The van der Waals surface area contributed by atoms with Crippen molar-refractivity contribution >= 4 is 27.3 Å². The summed E-state index contributed by atoms with van der Waals surface area (Å²) in [7, 11) is -2.12. The maximum absolute atomic E-state index is 13.1. The van der Waals surface area contributed by atoms with Gasteiger partial charge in [0.25, 0.3) is 15.9 Å². The zero-order chi connectivity index (χ0) is 23.0. The molecule has 3 rings (SSSR count). The van der Waals surface area contributed by atoms with Gasteiger partial charge in [-0.2, -0.15) is 0 Å². The summed E-state index contributed by atoms with van der Waals surface area (Å²) in [6.07, 6.45) is 0. The highest BCUT2D eigenvalue weighted by Gasteiger charge is 2.23. The maximum atomic E-state index is 13.1. The van der Waals surface area contributed by atoms with Gasteiger partial charge < -0.3 is 14.8 Å². The van der Waals surface area contributed by atoms with E-state index in [2.05, 4.69) is 5.32 Å². The van der Waals surface area contributed by atoms with Crippen molar-refractivity contribution in [1.29, 1.82) is 0 Å². The third kappa shape index (κ3) is 5.66. The lowest BCUT2D eigenvalue weighted by Crippen LogP contribution is -2.30. The summed E-state index contributed by atoms with van der Waals surface area (Å²) in [6.45, 7) is 3.00. The second-order valence-electron chi connectivity index (χ2n) is 6.85. The van der Waals surface area contributed by atoms with Crippen LogP contribution in [0.3, 0.4) is 0 Å². The molecule has 0 spiro atoms. The lowest BCUT2D eigenvalue weighted by atomic mass is 10.2. The molecule has 0 bridgehead atoms. The predicted octanol–water partition coefficient (Wildman–Crippen LogP) is 4.18. The van der Waals surface area contributed by atoms with Gasteiger partial charge in [-0.3, -0.25) is 9.10 Å². The van der Waals surface area contributed by atoms with Crippen LogP contribution < -0.4 is 14.4 Å². The van der Waals surface area contributed by atoms with E-state index in [1.165, 1.54) is 16.4 Å². The smallest absolute Gasteiger partial charge is 0.264 e. The molecule has 1 amide bonds. The second-order valence-corrected chi connectivity index (χ2v) is 8.71. The van der Waals surface area contributed by atoms with Crippen LogP contribution >= 0.6 is 0 Å². The van der Waals surface area contributed by atoms with Crippen LogP contribution in [-0.4, -0.2) is 41.2 Å². The molecule has 8 heteroatoms. The molecule has 0 atom stereocenters. The first kappa shape index (κ1) is 23.3. The van der Waals surface area contributed by atoms with Gasteiger partial charge in [0.2, 0.25) is 0 Å². The lowest BCUT2D eigenvalue weighted by Gasteiger charge is -2.23. The molecule has 0 aliphatic rings. The first-order valence-electron chi connectivity index (χ1n) is 10.2. The van der Waals surface area contributed by atoms with Crippen molar-refractivity contribution in [2.75, 3.05) is 36.5 Å². The van der Waals surface area contributed by atoms with E-state index in [4.69, 9.17) is 9.47 Å². The van der Waals surface area contributed by atoms with Crippen LogP contribution in [0, 0.1) is 0 Å². The molecule has 3 aromatic carbocycles. The Morgan fingerprint density at radius 2 is 1.56 bits per heavy atom. The van der Waals surface area contributed by atoms with Crippen molar-refractivity contribution in [2.24, 2.45) is 0 Å². The summed E-state index contributed by atoms with van der Waals surface area (Å²) in [6, 6.07) is 21.8. The van der Waals surface area contributed by atoms with Crippen LogP contribution in [0.15, 0.2) is 83.8 Å². The predicted molar refractivity (Wildman–Crippen MR) is 125 cm³/mol. The number of sulfonamides is 1. The molecule has 0 heterocycles. The number of rotatable bonds is 10. The van der Waals surface area contributed by atoms with Crippen molar-refractivity contribution in [1.82, 2.24) is 0 Å². The van der Waals surface area contributed by atoms with Gasteiger partial charge >= 0.3 is 0 Å². The number of nitrogens with zero attached hydrogens (tertiary/aromatic N) is 1. The van der Waals surface area contributed by atoms with E-state index < -0.39 is 10.0 Å². The van der Waals surface area contributed by atoms with Crippen LogP contribution in [0.1, 0.15) is 17.3 Å². The van der Waals surface area contributed by atoms with Gasteiger partial charge in [0.15, 0.2) is 0 Å². The highest BCUT2D eigenvalue weighted by Crippen LogP contribution is 2.24. The Bertz CT molecular complexity index is 1120. The molecule has 0 aliphatic heterocycles. The van der Waals surface area contributed by atoms with E-state index in [1.807, 2.05) is 6.07 Å². The molecular formula is C24H26N2O5S. The van der Waals surface area contributed by atoms with E-state index in [0.29, 0.717) is 42.4 Å². The van der Waals surface area contributed by atoms with Crippen LogP contribution in [0.2, 0.25) is 0 Å². The molecule has 0 aliphatic carbocycles. The Kier molecular flexibility index (Phi) is 7.86. The lowest BCUT2D eigenvalue weighted by molar-refractivity contribution is 0.102. The van der Waals surface area contributed by atoms with Gasteiger partial charge in [0, 0.05) is 24.9 Å². The molecule has 0 saturated carbocycles. The minimum absolute atomic E-state index is 0.152. The number of ether oxygens (including phenoxy) is 2. The first-order valence-corrected chi connectivity index (χ1v) is 11.6. The van der Waals surface area contributed by atoms with Gasteiger partial charge in [-0.15, -0.1) is 0 Å². The van der Waals surface area contributed by atoms with Gasteiger partial charge in [0.05, 0.1) is 17.2 Å². The van der Waals surface area contributed by atoms with Crippen LogP contribution in [0.4, 0.5) is 11.4 Å². The molecular weight excluding hydrogens is 428 g/mol. The molecule has 32 heavy (non-hydrogen) atoms. The van der Waals surface area contributed by atoms with Crippen molar-refractivity contribution in [3.63, 3.8) is 0 Å². The van der Waals surface area contributed by atoms with Gasteiger partial charge in [0.1, 0.15) is 12.4 Å². The number of benzene rings is 3. The van der Waals surface area contributed by atoms with Crippen molar-refractivity contribution < 1.29 is 22.7 Å². The summed E-state index contributed by atoms with van der Waals surface area (Å²) < 4.78 is 37.9.